The molecule has 0 radical (unpaired) electrons. The lowest BCUT2D eigenvalue weighted by atomic mass is 10.4. The first kappa shape index (κ1) is 9.39. The molecule has 1 rings (SSSR count). The van der Waals surface area contributed by atoms with Crippen LogP contribution in [0, 0.1) is 0 Å². The lowest BCUT2D eigenvalue weighted by Gasteiger charge is -2.06. The molecule has 1 aromatic rings. The molecule has 0 saturated carbocycles. The monoisotopic (exact) mass is 183 g/mol. The van der Waals surface area contributed by atoms with Crippen LogP contribution in [0.1, 0.15) is 20.3 Å². The summed E-state index contributed by atoms with van der Waals surface area (Å²) in [4.78, 5) is 13.7. The zero-order valence-corrected chi connectivity index (χ0v) is 8.15. The Bertz CT molecular complexity index is 295. The number of H-pyrrole nitrogens is 1. The lowest BCUT2D eigenvalue weighted by Crippen LogP contribution is -2.04. The van der Waals surface area contributed by atoms with Crippen LogP contribution in [-0.2, 0) is 0 Å². The molecule has 12 heavy (non-hydrogen) atoms. The second-order valence-electron chi connectivity index (χ2n) is 2.72. The molecule has 0 fully saturated rings. The van der Waals surface area contributed by atoms with Crippen molar-refractivity contribution in [2.24, 2.45) is 0 Å². The summed E-state index contributed by atoms with van der Waals surface area (Å²) in [5, 5.41) is 1.51. The maximum absolute atomic E-state index is 10.9. The molecule has 0 aliphatic rings. The van der Waals surface area contributed by atoms with Gasteiger partial charge in [0.1, 0.15) is 0 Å². The number of hydrogen-bond acceptors (Lipinski definition) is 2. The van der Waals surface area contributed by atoms with Crippen LogP contribution in [0.15, 0.2) is 28.0 Å². The predicted octanol–water partition coefficient (Wildman–Crippen LogP) is 2.27. The highest BCUT2D eigenvalue weighted by atomic mass is 32.2. The Labute approximate surface area is 76.4 Å². The first-order valence-corrected chi connectivity index (χ1v) is 4.96. The molecule has 0 spiro atoms. The van der Waals surface area contributed by atoms with Gasteiger partial charge in [-0.3, -0.25) is 4.79 Å². The lowest BCUT2D eigenvalue weighted by molar-refractivity contribution is 0.899. The van der Waals surface area contributed by atoms with Crippen molar-refractivity contribution in [3.8, 4) is 0 Å². The van der Waals surface area contributed by atoms with Gasteiger partial charge < -0.3 is 4.98 Å². The van der Waals surface area contributed by atoms with Gasteiger partial charge >= 0.3 is 0 Å². The molecule has 0 aliphatic carbocycles. The quantitative estimate of drug-likeness (QED) is 0.729. The van der Waals surface area contributed by atoms with Gasteiger partial charge in [-0.25, -0.2) is 0 Å². The summed E-state index contributed by atoms with van der Waals surface area (Å²) in [5.41, 5.74) is -0.0247. The topological polar surface area (TPSA) is 32.9 Å². The number of aromatic amines is 1. The molecule has 1 unspecified atom stereocenters. The Morgan fingerprint density at radius 2 is 2.33 bits per heavy atom. The summed E-state index contributed by atoms with van der Waals surface area (Å²) in [5.74, 6) is 0. The van der Waals surface area contributed by atoms with E-state index in [4.69, 9.17) is 0 Å². The molecular formula is C9H13NOS. The molecule has 2 nitrogen and oxygen atoms in total. The van der Waals surface area contributed by atoms with E-state index in [9.17, 15) is 4.79 Å². The van der Waals surface area contributed by atoms with E-state index in [1.807, 2.05) is 6.07 Å². The van der Waals surface area contributed by atoms with E-state index in [0.717, 1.165) is 11.4 Å². The largest absolute Gasteiger partial charge is 0.317 e. The highest BCUT2D eigenvalue weighted by molar-refractivity contribution is 7.99. The minimum Gasteiger partial charge on any atom is -0.317 e. The average Bonchev–Trinajstić information content (AvgIpc) is 2.04. The van der Waals surface area contributed by atoms with Gasteiger partial charge in [-0.2, -0.15) is 0 Å². The van der Waals surface area contributed by atoms with Crippen molar-refractivity contribution < 1.29 is 0 Å². The molecule has 1 aromatic heterocycles. The summed E-state index contributed by atoms with van der Waals surface area (Å²) >= 11 is 1.70. The number of rotatable bonds is 3. The van der Waals surface area contributed by atoms with Crippen molar-refractivity contribution in [1.29, 1.82) is 0 Å². The Hall–Kier alpha value is -0.700. The van der Waals surface area contributed by atoms with Gasteiger partial charge in [-0.1, -0.05) is 19.9 Å². The fourth-order valence-electron chi connectivity index (χ4n) is 0.796. The average molecular weight is 183 g/mol. The van der Waals surface area contributed by atoms with E-state index >= 15 is 0 Å². The van der Waals surface area contributed by atoms with Crippen LogP contribution in [0.5, 0.6) is 0 Å². The summed E-state index contributed by atoms with van der Waals surface area (Å²) in [6.45, 7) is 4.29. The summed E-state index contributed by atoms with van der Waals surface area (Å²) in [6.07, 6.45) is 1.11. The van der Waals surface area contributed by atoms with E-state index in [2.05, 4.69) is 18.8 Å². The second kappa shape index (κ2) is 4.36. The molecule has 1 N–H and O–H groups in total. The van der Waals surface area contributed by atoms with Crippen LogP contribution in [0.4, 0.5) is 0 Å². The highest BCUT2D eigenvalue weighted by Gasteiger charge is 2.00. The Morgan fingerprint density at radius 1 is 1.58 bits per heavy atom. The molecule has 0 aliphatic heterocycles. The normalized spacial score (nSPS) is 12.8. The van der Waals surface area contributed by atoms with Crippen molar-refractivity contribution in [2.75, 3.05) is 0 Å². The second-order valence-corrected chi connectivity index (χ2v) is 4.20. The maximum atomic E-state index is 10.9. The van der Waals surface area contributed by atoms with Crippen LogP contribution >= 0.6 is 11.8 Å². The third kappa shape index (κ3) is 2.74. The van der Waals surface area contributed by atoms with E-state index < -0.39 is 0 Å². The summed E-state index contributed by atoms with van der Waals surface area (Å²) < 4.78 is 0. The molecule has 0 bridgehead atoms. The number of aromatic nitrogens is 1. The molecule has 3 heteroatoms. The van der Waals surface area contributed by atoms with Crippen molar-refractivity contribution in [1.82, 2.24) is 4.98 Å². The van der Waals surface area contributed by atoms with Gasteiger partial charge in [0.2, 0.25) is 5.56 Å². The third-order valence-electron chi connectivity index (χ3n) is 1.64. The zero-order valence-electron chi connectivity index (χ0n) is 7.33. The fourth-order valence-corrected chi connectivity index (χ4v) is 1.71. The van der Waals surface area contributed by atoms with Crippen molar-refractivity contribution in [3.63, 3.8) is 0 Å². The molecule has 0 aromatic carbocycles. The smallest absolute Gasteiger partial charge is 0.248 e. The number of pyridine rings is 1. The van der Waals surface area contributed by atoms with Gasteiger partial charge in [0, 0.05) is 11.3 Å². The van der Waals surface area contributed by atoms with Crippen LogP contribution in [0.3, 0.4) is 0 Å². The van der Waals surface area contributed by atoms with E-state index in [1.165, 1.54) is 6.07 Å². The fraction of sp³-hybridized carbons (Fsp3) is 0.444. The first-order valence-electron chi connectivity index (χ1n) is 4.08. The van der Waals surface area contributed by atoms with Gasteiger partial charge in [0.15, 0.2) is 0 Å². The standard InChI is InChI=1S/C9H13NOS/c1-3-7(2)12-9-6-4-5-8(11)10-9/h4-7H,3H2,1-2H3,(H,10,11). The van der Waals surface area contributed by atoms with Crippen molar-refractivity contribution >= 4 is 11.8 Å². The van der Waals surface area contributed by atoms with Gasteiger partial charge in [0.25, 0.3) is 0 Å². The van der Waals surface area contributed by atoms with Crippen LogP contribution < -0.4 is 5.56 Å². The molecule has 66 valence electrons. The predicted molar refractivity (Wildman–Crippen MR) is 52.7 cm³/mol. The molecule has 1 heterocycles. The minimum absolute atomic E-state index is 0.0247. The van der Waals surface area contributed by atoms with Gasteiger partial charge in [0.05, 0.1) is 5.03 Å². The van der Waals surface area contributed by atoms with Crippen LogP contribution in [0.2, 0.25) is 0 Å². The Morgan fingerprint density at radius 3 is 2.92 bits per heavy atom. The van der Waals surface area contributed by atoms with Crippen molar-refractivity contribution in [2.45, 2.75) is 30.5 Å². The van der Waals surface area contributed by atoms with Gasteiger partial charge in [-0.15, -0.1) is 11.8 Å². The number of nitrogens with one attached hydrogen (secondary N) is 1. The number of thioether (sulfide) groups is 1. The first-order chi connectivity index (χ1) is 5.72. The molecular weight excluding hydrogens is 170 g/mol. The van der Waals surface area contributed by atoms with Crippen molar-refractivity contribution in [3.05, 3.63) is 28.6 Å². The molecule has 1 atom stereocenters. The Balaban J connectivity index is 2.69. The summed E-state index contributed by atoms with van der Waals surface area (Å²) in [6, 6.07) is 5.24. The van der Waals surface area contributed by atoms with Crippen LogP contribution in [-0.4, -0.2) is 10.2 Å². The molecule has 0 saturated heterocycles. The zero-order chi connectivity index (χ0) is 8.97. The SMILES string of the molecule is CCC(C)Sc1cccc(=O)[nH]1. The van der Waals surface area contributed by atoms with E-state index in [0.29, 0.717) is 5.25 Å². The molecule has 0 amide bonds. The summed E-state index contributed by atoms with van der Waals surface area (Å²) in [7, 11) is 0. The highest BCUT2D eigenvalue weighted by Crippen LogP contribution is 2.21. The third-order valence-corrected chi connectivity index (χ3v) is 2.87. The number of hydrogen-bond donors (Lipinski definition) is 1. The van der Waals surface area contributed by atoms with Gasteiger partial charge in [-0.05, 0) is 12.5 Å². The minimum atomic E-state index is -0.0247. The maximum Gasteiger partial charge on any atom is 0.248 e. The van der Waals surface area contributed by atoms with E-state index in [1.54, 1.807) is 17.8 Å². The van der Waals surface area contributed by atoms with Crippen LogP contribution in [0.25, 0.3) is 0 Å². The Kier molecular flexibility index (Phi) is 3.41. The van der Waals surface area contributed by atoms with E-state index in [-0.39, 0.29) is 5.56 Å².